The van der Waals surface area contributed by atoms with Crippen LogP contribution in [0.2, 0.25) is 0 Å². The maximum absolute atomic E-state index is 11.9. The van der Waals surface area contributed by atoms with Crippen molar-refractivity contribution in [1.29, 1.82) is 0 Å². The van der Waals surface area contributed by atoms with E-state index in [4.69, 9.17) is 10.5 Å². The van der Waals surface area contributed by atoms with Crippen LogP contribution in [0.4, 0.5) is 0 Å². The molecule has 0 aromatic carbocycles. The van der Waals surface area contributed by atoms with Crippen LogP contribution in [0.5, 0.6) is 0 Å². The molecule has 18 heavy (non-hydrogen) atoms. The Morgan fingerprint density at radius 1 is 1.33 bits per heavy atom. The van der Waals surface area contributed by atoms with E-state index in [-0.39, 0.29) is 17.0 Å². The second-order valence-corrected chi connectivity index (χ2v) is 6.62. The van der Waals surface area contributed by atoms with Crippen molar-refractivity contribution in [2.45, 2.75) is 77.0 Å². The molecule has 4 heteroatoms. The minimum absolute atomic E-state index is 0.0677. The Balaban J connectivity index is 2.35. The van der Waals surface area contributed by atoms with Gasteiger partial charge in [0.1, 0.15) is 6.10 Å². The van der Waals surface area contributed by atoms with Gasteiger partial charge in [-0.25, -0.2) is 0 Å². The molecule has 106 valence electrons. The van der Waals surface area contributed by atoms with Gasteiger partial charge in [0, 0.05) is 11.1 Å². The summed E-state index contributed by atoms with van der Waals surface area (Å²) < 4.78 is 5.66. The van der Waals surface area contributed by atoms with Crippen LogP contribution in [0.3, 0.4) is 0 Å². The highest BCUT2D eigenvalue weighted by Gasteiger charge is 2.29. The number of carbonyl (C=O) groups excluding carboxylic acids is 1. The zero-order valence-electron chi connectivity index (χ0n) is 12.2. The van der Waals surface area contributed by atoms with E-state index in [1.807, 2.05) is 20.8 Å². The van der Waals surface area contributed by atoms with Crippen LogP contribution < -0.4 is 11.1 Å². The molecule has 1 rings (SSSR count). The summed E-state index contributed by atoms with van der Waals surface area (Å²) in [6.45, 7) is 8.15. The number of amides is 1. The first-order valence-electron chi connectivity index (χ1n) is 6.94. The van der Waals surface area contributed by atoms with E-state index in [2.05, 4.69) is 5.32 Å². The van der Waals surface area contributed by atoms with Gasteiger partial charge in [-0.3, -0.25) is 4.79 Å². The van der Waals surface area contributed by atoms with E-state index in [9.17, 15) is 4.79 Å². The van der Waals surface area contributed by atoms with Crippen molar-refractivity contribution in [3.05, 3.63) is 0 Å². The maximum atomic E-state index is 11.9. The number of nitrogens with two attached hydrogens (primary N) is 1. The first kappa shape index (κ1) is 15.4. The fourth-order valence-electron chi connectivity index (χ4n) is 2.24. The van der Waals surface area contributed by atoms with E-state index >= 15 is 0 Å². The third-order valence-electron chi connectivity index (χ3n) is 3.34. The van der Waals surface area contributed by atoms with Gasteiger partial charge in [0.15, 0.2) is 0 Å². The van der Waals surface area contributed by atoms with Gasteiger partial charge in [-0.15, -0.1) is 0 Å². The number of rotatable bonds is 4. The average Bonchev–Trinajstić information content (AvgIpc) is 2.24. The lowest BCUT2D eigenvalue weighted by Gasteiger charge is -2.34. The van der Waals surface area contributed by atoms with Crippen LogP contribution >= 0.6 is 0 Å². The molecule has 1 aliphatic rings. The Bertz CT molecular complexity index is 278. The Morgan fingerprint density at radius 2 is 1.89 bits per heavy atom. The Kier molecular flexibility index (Phi) is 5.17. The van der Waals surface area contributed by atoms with Gasteiger partial charge < -0.3 is 15.8 Å². The maximum Gasteiger partial charge on any atom is 0.249 e. The summed E-state index contributed by atoms with van der Waals surface area (Å²) in [5, 5.41) is 2.91. The molecule has 1 aliphatic carbocycles. The van der Waals surface area contributed by atoms with Gasteiger partial charge in [0.05, 0.1) is 6.61 Å². The lowest BCUT2D eigenvalue weighted by Crippen LogP contribution is -2.50. The molecule has 4 nitrogen and oxygen atoms in total. The lowest BCUT2D eigenvalue weighted by molar-refractivity contribution is -0.134. The zero-order chi connectivity index (χ0) is 13.8. The van der Waals surface area contributed by atoms with Crippen molar-refractivity contribution in [3.8, 4) is 0 Å². The van der Waals surface area contributed by atoms with Crippen LogP contribution in [0, 0.1) is 0 Å². The molecule has 1 unspecified atom stereocenters. The van der Waals surface area contributed by atoms with Crippen LogP contribution in [0.1, 0.15) is 59.8 Å². The molecule has 1 amide bonds. The van der Waals surface area contributed by atoms with Gasteiger partial charge in [-0.2, -0.15) is 0 Å². The highest BCUT2D eigenvalue weighted by Crippen LogP contribution is 2.26. The van der Waals surface area contributed by atoms with Gasteiger partial charge >= 0.3 is 0 Å². The average molecular weight is 256 g/mol. The first-order chi connectivity index (χ1) is 8.22. The van der Waals surface area contributed by atoms with Crippen molar-refractivity contribution >= 4 is 5.91 Å². The van der Waals surface area contributed by atoms with E-state index in [0.717, 1.165) is 12.8 Å². The molecule has 0 aromatic rings. The standard InChI is InChI=1S/C14H28N2O2/c1-11(12(17)16-13(2,3)4)18-10-14(15)8-6-5-7-9-14/h11H,5-10,15H2,1-4H3,(H,16,17). The lowest BCUT2D eigenvalue weighted by atomic mass is 9.83. The molecule has 1 fully saturated rings. The Labute approximate surface area is 111 Å². The molecular weight excluding hydrogens is 228 g/mol. The number of nitrogens with one attached hydrogen (secondary N) is 1. The summed E-state index contributed by atoms with van der Waals surface area (Å²) >= 11 is 0. The van der Waals surface area contributed by atoms with Crippen molar-refractivity contribution in [1.82, 2.24) is 5.32 Å². The number of carbonyl (C=O) groups is 1. The fourth-order valence-corrected chi connectivity index (χ4v) is 2.24. The fraction of sp³-hybridized carbons (Fsp3) is 0.929. The minimum Gasteiger partial charge on any atom is -0.367 e. The Morgan fingerprint density at radius 3 is 2.39 bits per heavy atom. The summed E-state index contributed by atoms with van der Waals surface area (Å²) in [5.41, 5.74) is 5.83. The third kappa shape index (κ3) is 5.36. The van der Waals surface area contributed by atoms with Crippen LogP contribution in [0.25, 0.3) is 0 Å². The number of hydrogen-bond donors (Lipinski definition) is 2. The van der Waals surface area contributed by atoms with Crippen molar-refractivity contribution in [2.24, 2.45) is 5.73 Å². The largest absolute Gasteiger partial charge is 0.367 e. The smallest absolute Gasteiger partial charge is 0.249 e. The molecule has 3 N–H and O–H groups in total. The number of ether oxygens (including phenoxy) is 1. The van der Waals surface area contributed by atoms with E-state index in [1.165, 1.54) is 19.3 Å². The van der Waals surface area contributed by atoms with E-state index in [0.29, 0.717) is 6.61 Å². The highest BCUT2D eigenvalue weighted by molar-refractivity contribution is 5.80. The highest BCUT2D eigenvalue weighted by atomic mass is 16.5. The molecular formula is C14H28N2O2. The first-order valence-corrected chi connectivity index (χ1v) is 6.94. The summed E-state index contributed by atoms with van der Waals surface area (Å²) in [7, 11) is 0. The van der Waals surface area contributed by atoms with Crippen molar-refractivity contribution in [3.63, 3.8) is 0 Å². The van der Waals surface area contributed by atoms with Crippen LogP contribution in [0.15, 0.2) is 0 Å². The second kappa shape index (κ2) is 6.02. The zero-order valence-corrected chi connectivity index (χ0v) is 12.2. The van der Waals surface area contributed by atoms with Crippen LogP contribution in [-0.2, 0) is 9.53 Å². The van der Waals surface area contributed by atoms with Crippen molar-refractivity contribution in [2.75, 3.05) is 6.61 Å². The third-order valence-corrected chi connectivity index (χ3v) is 3.34. The monoisotopic (exact) mass is 256 g/mol. The summed E-state index contributed by atoms with van der Waals surface area (Å²) in [6, 6.07) is 0. The molecule has 0 heterocycles. The molecule has 1 saturated carbocycles. The van der Waals surface area contributed by atoms with Crippen LogP contribution in [-0.4, -0.2) is 29.7 Å². The second-order valence-electron chi connectivity index (χ2n) is 6.62. The molecule has 0 saturated heterocycles. The van der Waals surface area contributed by atoms with Gasteiger partial charge in [-0.05, 0) is 40.5 Å². The molecule has 0 spiro atoms. The minimum atomic E-state index is -0.438. The normalized spacial score (nSPS) is 21.4. The predicted molar refractivity (Wildman–Crippen MR) is 73.3 cm³/mol. The Hall–Kier alpha value is -0.610. The van der Waals surface area contributed by atoms with Gasteiger partial charge in [0.25, 0.3) is 0 Å². The van der Waals surface area contributed by atoms with Gasteiger partial charge in [0.2, 0.25) is 5.91 Å². The summed E-state index contributed by atoms with van der Waals surface area (Å²) in [6.07, 6.45) is 5.16. The molecule has 0 bridgehead atoms. The SMILES string of the molecule is CC(OCC1(N)CCCCC1)C(=O)NC(C)(C)C. The molecule has 0 aromatic heterocycles. The molecule has 0 radical (unpaired) electrons. The van der Waals surface area contributed by atoms with Crippen molar-refractivity contribution < 1.29 is 9.53 Å². The number of hydrogen-bond acceptors (Lipinski definition) is 3. The summed E-state index contributed by atoms with van der Waals surface area (Å²) in [5.74, 6) is -0.0677. The summed E-state index contributed by atoms with van der Waals surface area (Å²) in [4.78, 5) is 11.9. The predicted octanol–water partition coefficient (Wildman–Crippen LogP) is 1.97. The quantitative estimate of drug-likeness (QED) is 0.808. The molecule has 0 aliphatic heterocycles. The molecule has 1 atom stereocenters. The van der Waals surface area contributed by atoms with E-state index in [1.54, 1.807) is 6.92 Å². The topological polar surface area (TPSA) is 64.3 Å². The van der Waals surface area contributed by atoms with E-state index < -0.39 is 6.10 Å². The van der Waals surface area contributed by atoms with Gasteiger partial charge in [-0.1, -0.05) is 19.3 Å².